The molecule has 1 atom stereocenters. The number of amides is 1. The number of carbonyl (C=O) groups excluding carboxylic acids is 2. The van der Waals surface area contributed by atoms with Gasteiger partial charge in [-0.05, 0) is 49.2 Å². The lowest BCUT2D eigenvalue weighted by Gasteiger charge is -2.40. The zero-order chi connectivity index (χ0) is 28.9. The number of nitrogens with zero attached hydrogens (tertiary/aromatic N) is 4. The fraction of sp³-hybridized carbons (Fsp3) is 0.267. The van der Waals surface area contributed by atoms with Gasteiger partial charge in [0.1, 0.15) is 11.6 Å². The van der Waals surface area contributed by atoms with Crippen LogP contribution in [0.15, 0.2) is 67.1 Å². The highest BCUT2D eigenvalue weighted by Gasteiger charge is 2.56. The van der Waals surface area contributed by atoms with E-state index >= 15 is 4.39 Å². The number of hydrogen-bond donors (Lipinski definition) is 1. The summed E-state index contributed by atoms with van der Waals surface area (Å²) >= 11 is 6.19. The van der Waals surface area contributed by atoms with Gasteiger partial charge in [-0.25, -0.2) is 4.39 Å². The summed E-state index contributed by atoms with van der Waals surface area (Å²) in [6.45, 7) is -0.214. The van der Waals surface area contributed by atoms with Crippen LogP contribution in [0.25, 0.3) is 0 Å². The number of aliphatic hydroxyl groups is 1. The maximum atomic E-state index is 16.4. The molecule has 3 heterocycles. The number of halogens is 2. The second-order valence-electron chi connectivity index (χ2n) is 10.4. The Morgan fingerprint density at radius 3 is 2.49 bits per heavy atom. The smallest absolute Gasteiger partial charge is 0.257 e. The Morgan fingerprint density at radius 1 is 1.12 bits per heavy atom. The predicted molar refractivity (Wildman–Crippen MR) is 146 cm³/mol. The van der Waals surface area contributed by atoms with Gasteiger partial charge >= 0.3 is 0 Å². The van der Waals surface area contributed by atoms with Crippen molar-refractivity contribution in [3.8, 4) is 5.75 Å². The molecule has 0 bridgehead atoms. The van der Waals surface area contributed by atoms with Gasteiger partial charge in [0.2, 0.25) is 0 Å². The van der Waals surface area contributed by atoms with E-state index in [-0.39, 0.29) is 35.4 Å². The fourth-order valence-corrected chi connectivity index (χ4v) is 5.21. The van der Waals surface area contributed by atoms with Crippen LogP contribution in [0.4, 0.5) is 4.39 Å². The molecule has 9 nitrogen and oxygen atoms in total. The third-order valence-electron chi connectivity index (χ3n) is 7.48. The van der Waals surface area contributed by atoms with Crippen molar-refractivity contribution in [3.05, 3.63) is 111 Å². The van der Waals surface area contributed by atoms with Crippen LogP contribution in [0, 0.1) is 5.82 Å². The van der Waals surface area contributed by atoms with E-state index < -0.39 is 28.8 Å². The van der Waals surface area contributed by atoms with Gasteiger partial charge in [-0.1, -0.05) is 23.7 Å². The van der Waals surface area contributed by atoms with Gasteiger partial charge in [0, 0.05) is 29.4 Å². The molecule has 1 aliphatic carbocycles. The molecule has 6 rings (SSSR count). The highest BCUT2D eigenvalue weighted by atomic mass is 35.5. The number of hydrogen-bond acceptors (Lipinski definition) is 7. The Labute approximate surface area is 240 Å². The summed E-state index contributed by atoms with van der Waals surface area (Å²) in [6, 6.07) is 12.5. The molecular formula is C30H26ClFN4O5. The van der Waals surface area contributed by atoms with Gasteiger partial charge in [-0.15, -0.1) is 0 Å². The molecule has 2 aromatic carbocycles. The normalized spacial score (nSPS) is 18.9. The standard InChI is InChI=1S/C30H26ClFN4O5/c1-35-15-19(13-34-35)27(37)18-11-24-26(25(32)12-18)30(41-17-29(39)9-10-29,20-3-5-21(31)6-4-20)36(28(24)38)16-22-7-8-23(40-2)14-33-22/h3-8,11-15,39H,9-10,16-17H2,1-2H3. The summed E-state index contributed by atoms with van der Waals surface area (Å²) in [6.07, 6.45) is 5.46. The minimum absolute atomic E-state index is 0.00199. The SMILES string of the molecule is COc1ccc(CN2C(=O)c3cc(C(=O)c4cnn(C)c4)cc(F)c3C2(OCC2(O)CC2)c2ccc(Cl)cc2)nc1. The van der Waals surface area contributed by atoms with E-state index in [2.05, 4.69) is 10.1 Å². The molecule has 11 heteroatoms. The molecule has 1 aliphatic heterocycles. The van der Waals surface area contributed by atoms with Crippen molar-refractivity contribution in [1.29, 1.82) is 0 Å². The molecule has 1 N–H and O–H groups in total. The molecule has 2 aliphatic rings. The number of carbonyl (C=O) groups is 2. The fourth-order valence-electron chi connectivity index (χ4n) is 5.09. The summed E-state index contributed by atoms with van der Waals surface area (Å²) in [7, 11) is 3.19. The monoisotopic (exact) mass is 576 g/mol. The molecule has 1 fully saturated rings. The second-order valence-corrected chi connectivity index (χ2v) is 10.8. The first-order chi connectivity index (χ1) is 19.6. The van der Waals surface area contributed by atoms with Crippen LogP contribution in [0.3, 0.4) is 0 Å². The lowest BCUT2D eigenvalue weighted by Crippen LogP contribution is -2.48. The lowest BCUT2D eigenvalue weighted by molar-refractivity contribution is -0.139. The summed E-state index contributed by atoms with van der Waals surface area (Å²) in [5.41, 5.74) is -1.76. The van der Waals surface area contributed by atoms with Gasteiger partial charge in [0.05, 0.1) is 60.6 Å². The Hall–Kier alpha value is -4.12. The predicted octanol–water partition coefficient (Wildman–Crippen LogP) is 4.25. The van der Waals surface area contributed by atoms with Crippen molar-refractivity contribution in [2.45, 2.75) is 30.7 Å². The molecule has 4 aromatic rings. The first kappa shape index (κ1) is 27.1. The van der Waals surface area contributed by atoms with Gasteiger partial charge < -0.3 is 14.6 Å². The zero-order valence-electron chi connectivity index (χ0n) is 22.3. The van der Waals surface area contributed by atoms with E-state index in [4.69, 9.17) is 21.1 Å². The summed E-state index contributed by atoms with van der Waals surface area (Å²) < 4.78 is 29.5. The number of pyridine rings is 1. The third-order valence-corrected chi connectivity index (χ3v) is 7.73. The number of ketones is 1. The van der Waals surface area contributed by atoms with E-state index in [1.807, 2.05) is 0 Å². The van der Waals surface area contributed by atoms with E-state index in [0.29, 0.717) is 34.9 Å². The van der Waals surface area contributed by atoms with Gasteiger partial charge in [-0.2, -0.15) is 5.10 Å². The molecule has 2 aromatic heterocycles. The Balaban J connectivity index is 1.53. The topological polar surface area (TPSA) is 107 Å². The molecule has 0 spiro atoms. The molecule has 1 unspecified atom stereocenters. The number of aryl methyl sites for hydroxylation is 1. The molecule has 0 radical (unpaired) electrons. The van der Waals surface area contributed by atoms with Gasteiger partial charge in [-0.3, -0.25) is 24.2 Å². The third kappa shape index (κ3) is 4.77. The molecular weight excluding hydrogens is 551 g/mol. The van der Waals surface area contributed by atoms with Crippen molar-refractivity contribution < 1.29 is 28.6 Å². The van der Waals surface area contributed by atoms with Crippen molar-refractivity contribution in [3.63, 3.8) is 0 Å². The van der Waals surface area contributed by atoms with Crippen LogP contribution in [-0.2, 0) is 24.1 Å². The highest BCUT2D eigenvalue weighted by molar-refractivity contribution is 6.30. The van der Waals surface area contributed by atoms with Crippen molar-refractivity contribution in [1.82, 2.24) is 19.7 Å². The summed E-state index contributed by atoms with van der Waals surface area (Å²) in [4.78, 5) is 33.2. The average molecular weight is 577 g/mol. The quantitative estimate of drug-likeness (QED) is 0.297. The first-order valence-electron chi connectivity index (χ1n) is 12.9. The average Bonchev–Trinajstić information content (AvgIpc) is 3.46. The molecule has 210 valence electrons. The van der Waals surface area contributed by atoms with Gasteiger partial charge in [0.25, 0.3) is 5.91 Å². The van der Waals surface area contributed by atoms with Crippen molar-refractivity contribution >= 4 is 23.3 Å². The Kier molecular flexibility index (Phi) is 6.64. The first-order valence-corrected chi connectivity index (χ1v) is 13.3. The largest absolute Gasteiger partial charge is 0.495 e. The lowest BCUT2D eigenvalue weighted by atomic mass is 9.90. The molecule has 41 heavy (non-hydrogen) atoms. The van der Waals surface area contributed by atoms with Crippen molar-refractivity contribution in [2.24, 2.45) is 7.05 Å². The Morgan fingerprint density at radius 2 is 1.88 bits per heavy atom. The summed E-state index contributed by atoms with van der Waals surface area (Å²) in [5.74, 6) is -1.31. The second kappa shape index (κ2) is 10.1. The maximum absolute atomic E-state index is 16.4. The van der Waals surface area contributed by atoms with E-state index in [0.717, 1.165) is 6.07 Å². The molecule has 1 saturated carbocycles. The number of benzene rings is 2. The number of ether oxygens (including phenoxy) is 2. The van der Waals surface area contributed by atoms with Gasteiger partial charge in [0.15, 0.2) is 11.5 Å². The minimum Gasteiger partial charge on any atom is -0.495 e. The number of fused-ring (bicyclic) bond motifs is 1. The van der Waals surface area contributed by atoms with Crippen LogP contribution >= 0.6 is 11.6 Å². The maximum Gasteiger partial charge on any atom is 0.257 e. The van der Waals surface area contributed by atoms with Crippen LogP contribution in [-0.4, -0.2) is 55.8 Å². The van der Waals surface area contributed by atoms with Crippen LogP contribution < -0.4 is 4.74 Å². The zero-order valence-corrected chi connectivity index (χ0v) is 23.1. The van der Waals surface area contributed by atoms with E-state index in [1.165, 1.54) is 41.3 Å². The van der Waals surface area contributed by atoms with Crippen molar-refractivity contribution in [2.75, 3.05) is 13.7 Å². The van der Waals surface area contributed by atoms with Crippen LogP contribution in [0.5, 0.6) is 5.75 Å². The minimum atomic E-state index is -1.78. The van der Waals surface area contributed by atoms with E-state index in [9.17, 15) is 14.7 Å². The summed E-state index contributed by atoms with van der Waals surface area (Å²) in [5, 5.41) is 15.2. The van der Waals surface area contributed by atoms with Crippen LogP contribution in [0.2, 0.25) is 5.02 Å². The highest BCUT2D eigenvalue weighted by Crippen LogP contribution is 2.49. The number of methoxy groups -OCH3 is 1. The molecule has 0 saturated heterocycles. The number of rotatable bonds is 9. The van der Waals surface area contributed by atoms with Crippen LogP contribution in [0.1, 0.15) is 55.9 Å². The Bertz CT molecular complexity index is 1650. The number of aromatic nitrogens is 3. The van der Waals surface area contributed by atoms with E-state index in [1.54, 1.807) is 43.4 Å². The molecule has 1 amide bonds.